The first-order chi connectivity index (χ1) is 12.5. The zero-order valence-electron chi connectivity index (χ0n) is 15.6. The summed E-state index contributed by atoms with van der Waals surface area (Å²) in [5.41, 5.74) is 3.24. The highest BCUT2D eigenvalue weighted by Crippen LogP contribution is 2.31. The molecule has 152 valence electrons. The number of aliphatic carboxylic acids is 1. The van der Waals surface area contributed by atoms with Gasteiger partial charge in [0.05, 0.1) is 6.04 Å². The Hall–Kier alpha value is -1.56. The van der Waals surface area contributed by atoms with E-state index in [2.05, 4.69) is 41.1 Å². The van der Waals surface area contributed by atoms with Crippen LogP contribution in [0.15, 0.2) is 54.6 Å². The lowest BCUT2D eigenvalue weighted by Crippen LogP contribution is -2.46. The van der Waals surface area contributed by atoms with Gasteiger partial charge in [0, 0.05) is 37.3 Å². The van der Waals surface area contributed by atoms with Crippen molar-refractivity contribution in [3.8, 4) is 0 Å². The Balaban J connectivity index is 0.00000196. The number of hydrogen-bond acceptors (Lipinski definition) is 3. The van der Waals surface area contributed by atoms with E-state index in [0.29, 0.717) is 0 Å². The van der Waals surface area contributed by atoms with Crippen LogP contribution in [0.2, 0.25) is 5.02 Å². The minimum atomic E-state index is -0.941. The standard InChI is InChI=1S/C21H23ClN2O2.2ClH/c1-23-11-13-24(14-12-23)21(17-6-8-19(22)9-7-17)18-4-2-3-16(15-18)5-10-20(25)26;;/h2-10,15,21H,11-14H2,1H3,(H,25,26);2*1H/b10-5+;;. The summed E-state index contributed by atoms with van der Waals surface area (Å²) in [6, 6.07) is 16.2. The number of likely N-dealkylation sites (N-methyl/N-ethyl adjacent to an activating group) is 1. The van der Waals surface area contributed by atoms with E-state index in [9.17, 15) is 4.79 Å². The second-order valence-corrected chi connectivity index (χ2v) is 7.07. The van der Waals surface area contributed by atoms with Gasteiger partial charge in [-0.25, -0.2) is 4.79 Å². The highest BCUT2D eigenvalue weighted by molar-refractivity contribution is 6.30. The van der Waals surface area contributed by atoms with Crippen molar-refractivity contribution in [1.82, 2.24) is 9.80 Å². The maximum absolute atomic E-state index is 10.8. The van der Waals surface area contributed by atoms with E-state index < -0.39 is 5.97 Å². The van der Waals surface area contributed by atoms with Crippen molar-refractivity contribution in [2.45, 2.75) is 6.04 Å². The first kappa shape index (κ1) is 24.5. The van der Waals surface area contributed by atoms with Crippen LogP contribution in [-0.4, -0.2) is 54.1 Å². The van der Waals surface area contributed by atoms with Crippen molar-refractivity contribution in [3.05, 3.63) is 76.3 Å². The molecule has 1 fully saturated rings. The van der Waals surface area contributed by atoms with Crippen LogP contribution in [0.1, 0.15) is 22.7 Å². The lowest BCUT2D eigenvalue weighted by molar-refractivity contribution is -0.131. The molecule has 0 bridgehead atoms. The third kappa shape index (κ3) is 6.50. The number of nitrogens with zero attached hydrogens (tertiary/aromatic N) is 2. The van der Waals surface area contributed by atoms with Gasteiger partial charge in [-0.1, -0.05) is 41.9 Å². The summed E-state index contributed by atoms with van der Waals surface area (Å²) in [5, 5.41) is 9.60. The fraction of sp³-hybridized carbons (Fsp3) is 0.286. The summed E-state index contributed by atoms with van der Waals surface area (Å²) >= 11 is 6.08. The summed E-state index contributed by atoms with van der Waals surface area (Å²) in [7, 11) is 2.14. The highest BCUT2D eigenvalue weighted by atomic mass is 35.5. The Labute approximate surface area is 183 Å². The normalized spacial score (nSPS) is 16.2. The van der Waals surface area contributed by atoms with Crippen LogP contribution in [0, 0.1) is 0 Å². The molecule has 3 rings (SSSR count). The molecule has 1 atom stereocenters. The van der Waals surface area contributed by atoms with Gasteiger partial charge in [0.2, 0.25) is 0 Å². The molecule has 0 amide bonds. The maximum Gasteiger partial charge on any atom is 0.328 e. The van der Waals surface area contributed by atoms with E-state index in [1.54, 1.807) is 6.08 Å². The Morgan fingerprint density at radius 2 is 1.68 bits per heavy atom. The van der Waals surface area contributed by atoms with Crippen LogP contribution in [0.25, 0.3) is 6.08 Å². The fourth-order valence-electron chi connectivity index (χ4n) is 3.34. The number of halogens is 3. The number of carbonyl (C=O) groups is 1. The lowest BCUT2D eigenvalue weighted by Gasteiger charge is -2.38. The van der Waals surface area contributed by atoms with Gasteiger partial charge in [0.15, 0.2) is 0 Å². The number of rotatable bonds is 5. The van der Waals surface area contributed by atoms with E-state index in [0.717, 1.165) is 42.3 Å². The fourth-order valence-corrected chi connectivity index (χ4v) is 3.47. The number of hydrogen-bond donors (Lipinski definition) is 1. The topological polar surface area (TPSA) is 43.8 Å². The Kier molecular flexibility index (Phi) is 10.0. The summed E-state index contributed by atoms with van der Waals surface area (Å²) in [4.78, 5) is 15.6. The van der Waals surface area contributed by atoms with E-state index >= 15 is 0 Å². The molecule has 2 aromatic carbocycles. The summed E-state index contributed by atoms with van der Waals surface area (Å²) in [5.74, 6) is -0.941. The van der Waals surface area contributed by atoms with Gasteiger partial charge in [0.1, 0.15) is 0 Å². The molecule has 4 nitrogen and oxygen atoms in total. The molecule has 1 aliphatic rings. The molecule has 0 spiro atoms. The van der Waals surface area contributed by atoms with Gasteiger partial charge in [-0.2, -0.15) is 0 Å². The zero-order valence-corrected chi connectivity index (χ0v) is 18.0. The van der Waals surface area contributed by atoms with Crippen molar-refractivity contribution in [2.24, 2.45) is 0 Å². The van der Waals surface area contributed by atoms with Gasteiger partial charge in [-0.15, -0.1) is 24.8 Å². The van der Waals surface area contributed by atoms with Gasteiger partial charge in [0.25, 0.3) is 0 Å². The smallest absolute Gasteiger partial charge is 0.328 e. The second-order valence-electron chi connectivity index (χ2n) is 6.64. The summed E-state index contributed by atoms with van der Waals surface area (Å²) in [6.07, 6.45) is 2.81. The molecule has 1 saturated heterocycles. The summed E-state index contributed by atoms with van der Waals surface area (Å²) < 4.78 is 0. The number of benzene rings is 2. The monoisotopic (exact) mass is 442 g/mol. The number of piperazine rings is 1. The Morgan fingerprint density at radius 1 is 1.04 bits per heavy atom. The van der Waals surface area contributed by atoms with E-state index in [4.69, 9.17) is 16.7 Å². The van der Waals surface area contributed by atoms with E-state index in [1.165, 1.54) is 11.6 Å². The molecule has 1 heterocycles. The predicted molar refractivity (Wildman–Crippen MR) is 120 cm³/mol. The van der Waals surface area contributed by atoms with Crippen LogP contribution >= 0.6 is 36.4 Å². The average molecular weight is 444 g/mol. The molecule has 0 saturated carbocycles. The third-order valence-electron chi connectivity index (χ3n) is 4.73. The molecule has 1 N–H and O–H groups in total. The molecule has 0 aliphatic carbocycles. The molecule has 7 heteroatoms. The predicted octanol–water partition coefficient (Wildman–Crippen LogP) is 4.62. The molecule has 1 aliphatic heterocycles. The second kappa shape index (κ2) is 11.4. The van der Waals surface area contributed by atoms with Crippen molar-refractivity contribution in [3.63, 3.8) is 0 Å². The van der Waals surface area contributed by atoms with Crippen LogP contribution in [0.4, 0.5) is 0 Å². The zero-order chi connectivity index (χ0) is 18.5. The lowest BCUT2D eigenvalue weighted by atomic mass is 9.95. The largest absolute Gasteiger partial charge is 0.478 e. The van der Waals surface area contributed by atoms with Crippen LogP contribution in [0.5, 0.6) is 0 Å². The van der Waals surface area contributed by atoms with E-state index in [1.807, 2.05) is 24.3 Å². The molecular formula is C21H25Cl3N2O2. The summed E-state index contributed by atoms with van der Waals surface area (Å²) in [6.45, 7) is 4.03. The van der Waals surface area contributed by atoms with Gasteiger partial charge in [-0.3, -0.25) is 4.90 Å². The van der Waals surface area contributed by atoms with Crippen molar-refractivity contribution in [2.75, 3.05) is 33.2 Å². The molecule has 0 aromatic heterocycles. The Bertz CT molecular complexity index is 788. The quantitative estimate of drug-likeness (QED) is 0.685. The molecule has 2 aromatic rings. The van der Waals surface area contributed by atoms with Crippen molar-refractivity contribution < 1.29 is 9.90 Å². The Morgan fingerprint density at radius 3 is 2.29 bits per heavy atom. The third-order valence-corrected chi connectivity index (χ3v) is 4.99. The number of carboxylic acid groups (broad SMARTS) is 1. The first-order valence-electron chi connectivity index (χ1n) is 8.72. The van der Waals surface area contributed by atoms with Crippen molar-refractivity contribution in [1.29, 1.82) is 0 Å². The van der Waals surface area contributed by atoms with Gasteiger partial charge in [-0.05, 0) is 48.0 Å². The molecule has 1 unspecified atom stereocenters. The maximum atomic E-state index is 10.8. The molecule has 28 heavy (non-hydrogen) atoms. The average Bonchev–Trinajstić information content (AvgIpc) is 2.64. The van der Waals surface area contributed by atoms with E-state index in [-0.39, 0.29) is 30.9 Å². The molecular weight excluding hydrogens is 419 g/mol. The van der Waals surface area contributed by atoms with Crippen LogP contribution < -0.4 is 0 Å². The molecule has 0 radical (unpaired) electrons. The van der Waals surface area contributed by atoms with Crippen LogP contribution in [0.3, 0.4) is 0 Å². The minimum absolute atomic E-state index is 0. The van der Waals surface area contributed by atoms with Gasteiger partial charge >= 0.3 is 5.97 Å². The minimum Gasteiger partial charge on any atom is -0.478 e. The van der Waals surface area contributed by atoms with Crippen LogP contribution in [-0.2, 0) is 4.79 Å². The highest BCUT2D eigenvalue weighted by Gasteiger charge is 2.25. The van der Waals surface area contributed by atoms with Gasteiger partial charge < -0.3 is 10.0 Å². The SMILES string of the molecule is CN1CCN(C(c2ccc(Cl)cc2)c2cccc(/C=C/C(=O)O)c2)CC1.Cl.Cl. The first-order valence-corrected chi connectivity index (χ1v) is 9.10. The van der Waals surface area contributed by atoms with Crippen molar-refractivity contribution >= 4 is 48.5 Å². The number of carboxylic acids is 1.